The number of hydrogen-bond donors (Lipinski definition) is 1. The first-order chi connectivity index (χ1) is 10.4. The summed E-state index contributed by atoms with van der Waals surface area (Å²) in [7, 11) is 0. The maximum absolute atomic E-state index is 12.6. The number of carbonyl (C=O) groups is 2. The molecule has 1 atom stereocenters. The number of benzene rings is 1. The molecule has 1 aromatic rings. The number of hydrogen-bond acceptors (Lipinski definition) is 5. The van der Waals surface area contributed by atoms with Crippen molar-refractivity contribution in [3.8, 4) is 0 Å². The summed E-state index contributed by atoms with van der Waals surface area (Å²) in [6.45, 7) is 2.23. The highest BCUT2D eigenvalue weighted by atomic mass is 16.6. The number of nitro benzene ring substituents is 1. The Hall–Kier alpha value is -2.48. The molecule has 1 heterocycles. The van der Waals surface area contributed by atoms with E-state index in [0.717, 1.165) is 0 Å². The third-order valence-corrected chi connectivity index (χ3v) is 3.63. The molecule has 1 unspecified atom stereocenters. The Bertz CT molecular complexity index is 615. The topological polar surface area (TPSA) is 110 Å². The summed E-state index contributed by atoms with van der Waals surface area (Å²) >= 11 is 0. The Morgan fingerprint density at radius 3 is 2.86 bits per heavy atom. The van der Waals surface area contributed by atoms with E-state index in [-0.39, 0.29) is 36.4 Å². The summed E-state index contributed by atoms with van der Waals surface area (Å²) in [5.74, 6) is -1.43. The van der Waals surface area contributed by atoms with Crippen molar-refractivity contribution in [2.24, 2.45) is 0 Å². The van der Waals surface area contributed by atoms with Crippen LogP contribution in [0.4, 0.5) is 5.69 Å². The molecule has 0 spiro atoms. The van der Waals surface area contributed by atoms with Gasteiger partial charge in [-0.3, -0.25) is 19.7 Å². The Morgan fingerprint density at radius 2 is 2.23 bits per heavy atom. The second-order valence-electron chi connectivity index (χ2n) is 5.03. The van der Waals surface area contributed by atoms with Gasteiger partial charge in [-0.2, -0.15) is 0 Å². The molecule has 0 saturated carbocycles. The zero-order valence-electron chi connectivity index (χ0n) is 12.0. The molecule has 1 aliphatic rings. The Morgan fingerprint density at radius 1 is 1.50 bits per heavy atom. The van der Waals surface area contributed by atoms with Gasteiger partial charge in [0.2, 0.25) is 0 Å². The molecule has 1 N–H and O–H groups in total. The smallest absolute Gasteiger partial charge is 0.305 e. The van der Waals surface area contributed by atoms with Gasteiger partial charge in [0, 0.05) is 23.7 Å². The number of amides is 1. The van der Waals surface area contributed by atoms with Crippen molar-refractivity contribution in [1.29, 1.82) is 0 Å². The van der Waals surface area contributed by atoms with E-state index in [4.69, 9.17) is 9.84 Å². The Balaban J connectivity index is 2.31. The quantitative estimate of drug-likeness (QED) is 0.661. The highest BCUT2D eigenvalue weighted by molar-refractivity contribution is 5.97. The number of carbonyl (C=O) groups excluding carboxylic acids is 1. The lowest BCUT2D eigenvalue weighted by molar-refractivity contribution is -0.385. The minimum absolute atomic E-state index is 0.131. The molecule has 1 amide bonds. The number of ether oxygens (including phenoxy) is 1. The van der Waals surface area contributed by atoms with E-state index < -0.39 is 22.8 Å². The van der Waals surface area contributed by atoms with Gasteiger partial charge >= 0.3 is 5.97 Å². The normalized spacial score (nSPS) is 18.0. The lowest BCUT2D eigenvalue weighted by atomic mass is 10.0. The molecule has 0 aliphatic carbocycles. The van der Waals surface area contributed by atoms with E-state index in [9.17, 15) is 19.7 Å². The molecular formula is C14H16N2O6. The number of morpholine rings is 1. The van der Waals surface area contributed by atoms with Crippen LogP contribution in [0.5, 0.6) is 0 Å². The number of carboxylic acids is 1. The molecule has 1 aliphatic heterocycles. The van der Waals surface area contributed by atoms with Crippen LogP contribution in [0.25, 0.3) is 0 Å². The fourth-order valence-electron chi connectivity index (χ4n) is 2.50. The molecule has 0 aromatic heterocycles. The molecule has 1 saturated heterocycles. The van der Waals surface area contributed by atoms with Crippen LogP contribution in [-0.4, -0.2) is 52.6 Å². The van der Waals surface area contributed by atoms with E-state index in [1.165, 1.54) is 30.0 Å². The zero-order valence-corrected chi connectivity index (χ0v) is 12.0. The van der Waals surface area contributed by atoms with E-state index in [0.29, 0.717) is 6.61 Å². The summed E-state index contributed by atoms with van der Waals surface area (Å²) in [4.78, 5) is 35.4. The molecule has 0 radical (unpaired) electrons. The van der Waals surface area contributed by atoms with Gasteiger partial charge in [-0.05, 0) is 13.0 Å². The third-order valence-electron chi connectivity index (χ3n) is 3.63. The highest BCUT2D eigenvalue weighted by Gasteiger charge is 2.31. The van der Waals surface area contributed by atoms with Gasteiger partial charge in [0.1, 0.15) is 0 Å². The van der Waals surface area contributed by atoms with Crippen LogP contribution >= 0.6 is 0 Å². The fourth-order valence-corrected chi connectivity index (χ4v) is 2.50. The van der Waals surface area contributed by atoms with Crippen LogP contribution in [0.1, 0.15) is 22.3 Å². The molecule has 1 fully saturated rings. The van der Waals surface area contributed by atoms with Crippen molar-refractivity contribution in [2.75, 3.05) is 19.8 Å². The summed E-state index contributed by atoms with van der Waals surface area (Å²) in [5, 5.41) is 19.9. The fraction of sp³-hybridized carbons (Fsp3) is 0.429. The first kappa shape index (κ1) is 15.9. The molecule has 8 heteroatoms. The van der Waals surface area contributed by atoms with Crippen LogP contribution in [0.3, 0.4) is 0 Å². The van der Waals surface area contributed by atoms with Gasteiger partial charge in [0.05, 0.1) is 30.6 Å². The molecule has 118 valence electrons. The average molecular weight is 308 g/mol. The first-order valence-corrected chi connectivity index (χ1v) is 6.76. The van der Waals surface area contributed by atoms with Crippen LogP contribution in [0.15, 0.2) is 18.2 Å². The van der Waals surface area contributed by atoms with Crippen molar-refractivity contribution in [3.05, 3.63) is 39.4 Å². The monoisotopic (exact) mass is 308 g/mol. The van der Waals surface area contributed by atoms with Crippen LogP contribution in [0, 0.1) is 17.0 Å². The molecule has 2 rings (SSSR count). The maximum atomic E-state index is 12.6. The van der Waals surface area contributed by atoms with Crippen molar-refractivity contribution < 1.29 is 24.4 Å². The second kappa shape index (κ2) is 6.52. The van der Waals surface area contributed by atoms with E-state index in [1.54, 1.807) is 0 Å². The van der Waals surface area contributed by atoms with E-state index in [2.05, 4.69) is 0 Å². The van der Waals surface area contributed by atoms with Crippen molar-refractivity contribution in [3.63, 3.8) is 0 Å². The van der Waals surface area contributed by atoms with Crippen molar-refractivity contribution in [2.45, 2.75) is 19.4 Å². The minimum Gasteiger partial charge on any atom is -0.481 e. The zero-order chi connectivity index (χ0) is 16.3. The van der Waals surface area contributed by atoms with Gasteiger partial charge in [-0.15, -0.1) is 0 Å². The summed E-state index contributed by atoms with van der Waals surface area (Å²) in [5.41, 5.74) is 0.360. The lowest BCUT2D eigenvalue weighted by Gasteiger charge is -2.35. The molecule has 22 heavy (non-hydrogen) atoms. The molecule has 1 aromatic carbocycles. The Kier molecular flexibility index (Phi) is 4.71. The summed E-state index contributed by atoms with van der Waals surface area (Å²) in [6.07, 6.45) is -0.223. The van der Waals surface area contributed by atoms with E-state index >= 15 is 0 Å². The SMILES string of the molecule is Cc1c(C(=O)N2CCOCC2CC(=O)O)cccc1[N+](=O)[O-]. The summed E-state index contributed by atoms with van der Waals surface area (Å²) in [6, 6.07) is 3.72. The number of nitrogens with zero attached hydrogens (tertiary/aromatic N) is 2. The standard InChI is InChI=1S/C14H16N2O6/c1-9-11(3-2-4-12(9)16(20)21)14(19)15-5-6-22-8-10(15)7-13(17)18/h2-4,10H,5-8H2,1H3,(H,17,18). The van der Waals surface area contributed by atoms with Crippen molar-refractivity contribution >= 4 is 17.6 Å². The highest BCUT2D eigenvalue weighted by Crippen LogP contribution is 2.24. The van der Waals surface area contributed by atoms with Gasteiger partial charge in [-0.25, -0.2) is 0 Å². The van der Waals surface area contributed by atoms with Gasteiger partial charge in [0.25, 0.3) is 11.6 Å². The van der Waals surface area contributed by atoms with Gasteiger partial charge < -0.3 is 14.7 Å². The van der Waals surface area contributed by atoms with Crippen LogP contribution in [0.2, 0.25) is 0 Å². The summed E-state index contributed by atoms with van der Waals surface area (Å²) < 4.78 is 5.23. The first-order valence-electron chi connectivity index (χ1n) is 6.76. The number of carboxylic acid groups (broad SMARTS) is 1. The minimum atomic E-state index is -1.02. The maximum Gasteiger partial charge on any atom is 0.305 e. The predicted molar refractivity (Wildman–Crippen MR) is 75.7 cm³/mol. The molecular weight excluding hydrogens is 292 g/mol. The predicted octanol–water partition coefficient (Wildman–Crippen LogP) is 1.22. The Labute approximate surface area is 126 Å². The lowest BCUT2D eigenvalue weighted by Crippen LogP contribution is -2.49. The number of aliphatic carboxylic acids is 1. The van der Waals surface area contributed by atoms with Crippen molar-refractivity contribution in [1.82, 2.24) is 4.90 Å². The van der Waals surface area contributed by atoms with Crippen LogP contribution in [-0.2, 0) is 9.53 Å². The average Bonchev–Trinajstić information content (AvgIpc) is 2.46. The van der Waals surface area contributed by atoms with Gasteiger partial charge in [0.15, 0.2) is 0 Å². The third kappa shape index (κ3) is 3.22. The van der Waals surface area contributed by atoms with E-state index in [1.807, 2.05) is 0 Å². The molecule has 0 bridgehead atoms. The number of rotatable bonds is 4. The second-order valence-corrected chi connectivity index (χ2v) is 5.03. The molecule has 8 nitrogen and oxygen atoms in total. The number of nitro groups is 1. The largest absolute Gasteiger partial charge is 0.481 e. The van der Waals surface area contributed by atoms with Gasteiger partial charge in [-0.1, -0.05) is 6.07 Å². The van der Waals surface area contributed by atoms with Crippen LogP contribution < -0.4 is 0 Å².